The topological polar surface area (TPSA) is 101 Å². The fourth-order valence-corrected chi connectivity index (χ4v) is 3.34. The van der Waals surface area contributed by atoms with Gasteiger partial charge in [0.1, 0.15) is 11.6 Å². The van der Waals surface area contributed by atoms with Gasteiger partial charge in [-0.1, -0.05) is 17.7 Å². The summed E-state index contributed by atoms with van der Waals surface area (Å²) in [5.74, 6) is 1.12. The Morgan fingerprint density at radius 1 is 1.07 bits per heavy atom. The molecule has 3 N–H and O–H groups in total. The third kappa shape index (κ3) is 4.41. The van der Waals surface area contributed by atoms with Crippen LogP contribution in [0, 0.1) is 0 Å². The van der Waals surface area contributed by atoms with E-state index in [1.54, 1.807) is 12.1 Å². The van der Waals surface area contributed by atoms with Crippen LogP contribution >= 0.6 is 11.6 Å². The molecular formula is C22H19ClN2O5. The van der Waals surface area contributed by atoms with Crippen molar-refractivity contribution in [2.24, 2.45) is 0 Å². The predicted molar refractivity (Wildman–Crippen MR) is 113 cm³/mol. The second kappa shape index (κ2) is 8.51. The molecule has 0 amide bonds. The first-order chi connectivity index (χ1) is 14.5. The number of rotatable bonds is 7. The lowest BCUT2D eigenvalue weighted by Gasteiger charge is -2.13. The van der Waals surface area contributed by atoms with Crippen molar-refractivity contribution >= 4 is 23.4 Å². The minimum atomic E-state index is -0.844. The maximum Gasteiger partial charge on any atom is 0.303 e. The van der Waals surface area contributed by atoms with Gasteiger partial charge in [0.05, 0.1) is 5.69 Å². The number of aliphatic carboxylic acids is 1. The van der Waals surface area contributed by atoms with Crippen molar-refractivity contribution in [1.82, 2.24) is 4.98 Å². The molecule has 0 spiro atoms. The summed E-state index contributed by atoms with van der Waals surface area (Å²) in [6, 6.07) is 14.1. The van der Waals surface area contributed by atoms with Gasteiger partial charge in [-0.3, -0.25) is 4.79 Å². The standard InChI is InChI=1S/C22H19ClN2O5/c23-15-4-5-18(26)16(11-15)17-8-14(10-21(25-17)24-7-1-2-22(27)28)13-3-6-19-20(9-13)30-12-29-19/h3-6,8-11,26H,1-2,7,12H2,(H,24,25)(H,27,28). The second-order valence-electron chi connectivity index (χ2n) is 6.78. The lowest BCUT2D eigenvalue weighted by molar-refractivity contribution is -0.137. The highest BCUT2D eigenvalue weighted by Crippen LogP contribution is 2.38. The number of ether oxygens (including phenoxy) is 2. The van der Waals surface area contributed by atoms with E-state index in [1.165, 1.54) is 6.07 Å². The first-order valence-corrected chi connectivity index (χ1v) is 9.74. The summed E-state index contributed by atoms with van der Waals surface area (Å²) in [7, 11) is 0. The number of phenols is 1. The lowest BCUT2D eigenvalue weighted by Crippen LogP contribution is -2.06. The number of hydrogen-bond donors (Lipinski definition) is 3. The number of phenolic OH excluding ortho intramolecular Hbond substituents is 1. The zero-order chi connectivity index (χ0) is 21.1. The number of aromatic hydroxyl groups is 1. The Hall–Kier alpha value is -3.45. The largest absolute Gasteiger partial charge is 0.507 e. The Labute approximate surface area is 177 Å². The number of fused-ring (bicyclic) bond motifs is 1. The van der Waals surface area contributed by atoms with Crippen molar-refractivity contribution in [3.05, 3.63) is 53.6 Å². The normalized spacial score (nSPS) is 12.0. The highest BCUT2D eigenvalue weighted by Gasteiger charge is 2.16. The van der Waals surface area contributed by atoms with E-state index in [1.807, 2.05) is 30.3 Å². The Morgan fingerprint density at radius 3 is 2.73 bits per heavy atom. The minimum Gasteiger partial charge on any atom is -0.507 e. The van der Waals surface area contributed by atoms with Crippen LogP contribution in [0.2, 0.25) is 5.02 Å². The number of pyridine rings is 1. The molecule has 2 heterocycles. The van der Waals surface area contributed by atoms with Crippen LogP contribution in [0.25, 0.3) is 22.4 Å². The lowest BCUT2D eigenvalue weighted by atomic mass is 10.0. The average molecular weight is 427 g/mol. The fraction of sp³-hybridized carbons (Fsp3) is 0.182. The summed E-state index contributed by atoms with van der Waals surface area (Å²) in [5.41, 5.74) is 2.76. The molecule has 1 aliphatic heterocycles. The number of benzene rings is 2. The van der Waals surface area contributed by atoms with Crippen LogP contribution in [0.15, 0.2) is 48.5 Å². The van der Waals surface area contributed by atoms with E-state index in [4.69, 9.17) is 26.2 Å². The van der Waals surface area contributed by atoms with Crippen molar-refractivity contribution in [3.63, 3.8) is 0 Å². The number of carboxylic acid groups (broad SMARTS) is 1. The number of carboxylic acids is 1. The van der Waals surface area contributed by atoms with Crippen LogP contribution in [-0.4, -0.2) is 34.5 Å². The SMILES string of the molecule is O=C(O)CCCNc1cc(-c2ccc3c(c2)OCO3)cc(-c2cc(Cl)ccc2O)n1. The molecule has 0 fully saturated rings. The van der Waals surface area contributed by atoms with Gasteiger partial charge in [0.2, 0.25) is 6.79 Å². The number of nitrogens with zero attached hydrogens (tertiary/aromatic N) is 1. The monoisotopic (exact) mass is 426 g/mol. The number of nitrogens with one attached hydrogen (secondary N) is 1. The summed E-state index contributed by atoms with van der Waals surface area (Å²) in [6.45, 7) is 0.637. The Morgan fingerprint density at radius 2 is 1.90 bits per heavy atom. The van der Waals surface area contributed by atoms with Crippen LogP contribution in [0.5, 0.6) is 17.2 Å². The van der Waals surface area contributed by atoms with E-state index in [9.17, 15) is 9.90 Å². The first-order valence-electron chi connectivity index (χ1n) is 9.36. The molecule has 0 saturated carbocycles. The molecule has 0 atom stereocenters. The molecule has 0 unspecified atom stereocenters. The third-order valence-corrected chi connectivity index (χ3v) is 4.87. The third-order valence-electron chi connectivity index (χ3n) is 4.64. The quantitative estimate of drug-likeness (QED) is 0.467. The number of hydrogen-bond acceptors (Lipinski definition) is 6. The first kappa shape index (κ1) is 19.8. The molecule has 4 rings (SSSR count). The van der Waals surface area contributed by atoms with Crippen molar-refractivity contribution in [2.75, 3.05) is 18.7 Å². The van der Waals surface area contributed by atoms with E-state index in [-0.39, 0.29) is 19.0 Å². The van der Waals surface area contributed by atoms with Crippen LogP contribution in [0.4, 0.5) is 5.82 Å². The number of carbonyl (C=O) groups is 1. The van der Waals surface area contributed by atoms with Gasteiger partial charge in [-0.05, 0) is 60.0 Å². The summed E-state index contributed by atoms with van der Waals surface area (Å²) >= 11 is 6.12. The van der Waals surface area contributed by atoms with Crippen molar-refractivity contribution in [1.29, 1.82) is 0 Å². The molecule has 154 valence electrons. The second-order valence-corrected chi connectivity index (χ2v) is 7.22. The molecule has 30 heavy (non-hydrogen) atoms. The highest BCUT2D eigenvalue weighted by atomic mass is 35.5. The van der Waals surface area contributed by atoms with Crippen LogP contribution in [0.3, 0.4) is 0 Å². The van der Waals surface area contributed by atoms with Gasteiger partial charge >= 0.3 is 5.97 Å². The smallest absolute Gasteiger partial charge is 0.303 e. The molecule has 2 aromatic carbocycles. The molecule has 0 saturated heterocycles. The van der Waals surface area contributed by atoms with Crippen molar-refractivity contribution < 1.29 is 24.5 Å². The molecule has 0 bridgehead atoms. The maximum absolute atomic E-state index is 10.7. The summed E-state index contributed by atoms with van der Waals surface area (Å²) in [5, 5.41) is 22.8. The predicted octanol–water partition coefficient (Wildman–Crippen LogP) is 4.78. The Bertz CT molecular complexity index is 1100. The minimum absolute atomic E-state index is 0.0616. The molecule has 0 aliphatic carbocycles. The van der Waals surface area contributed by atoms with Gasteiger partial charge in [0, 0.05) is 23.6 Å². The van der Waals surface area contributed by atoms with Crippen molar-refractivity contribution in [2.45, 2.75) is 12.8 Å². The zero-order valence-corrected chi connectivity index (χ0v) is 16.6. The van der Waals surface area contributed by atoms with Gasteiger partial charge in [-0.25, -0.2) is 4.98 Å². The van der Waals surface area contributed by atoms with Crippen LogP contribution in [0.1, 0.15) is 12.8 Å². The number of anilines is 1. The molecule has 0 radical (unpaired) electrons. The van der Waals surface area contributed by atoms with Gasteiger partial charge in [0.15, 0.2) is 11.5 Å². The number of halogens is 1. The van der Waals surface area contributed by atoms with E-state index in [2.05, 4.69) is 10.3 Å². The summed E-state index contributed by atoms with van der Waals surface area (Å²) in [6.07, 6.45) is 0.528. The van der Waals surface area contributed by atoms with E-state index in [0.717, 1.165) is 11.1 Å². The summed E-state index contributed by atoms with van der Waals surface area (Å²) < 4.78 is 10.9. The fourth-order valence-electron chi connectivity index (χ4n) is 3.17. The molecule has 3 aromatic rings. The van der Waals surface area contributed by atoms with Crippen LogP contribution in [-0.2, 0) is 4.79 Å². The number of aromatic nitrogens is 1. The van der Waals surface area contributed by atoms with E-state index in [0.29, 0.717) is 46.6 Å². The molecular weight excluding hydrogens is 408 g/mol. The zero-order valence-electron chi connectivity index (χ0n) is 15.9. The van der Waals surface area contributed by atoms with Crippen LogP contribution < -0.4 is 14.8 Å². The summed E-state index contributed by atoms with van der Waals surface area (Å²) in [4.78, 5) is 15.3. The molecule has 1 aliphatic rings. The molecule has 1 aromatic heterocycles. The van der Waals surface area contributed by atoms with Crippen molar-refractivity contribution in [3.8, 4) is 39.6 Å². The molecule has 7 nitrogen and oxygen atoms in total. The maximum atomic E-state index is 10.7. The van der Waals surface area contributed by atoms with Gasteiger partial charge < -0.3 is 25.0 Å². The molecule has 8 heteroatoms. The Kier molecular flexibility index (Phi) is 5.63. The van der Waals surface area contributed by atoms with Gasteiger partial charge in [0.25, 0.3) is 0 Å². The van der Waals surface area contributed by atoms with E-state index >= 15 is 0 Å². The average Bonchev–Trinajstić information content (AvgIpc) is 3.20. The highest BCUT2D eigenvalue weighted by molar-refractivity contribution is 6.31. The van der Waals surface area contributed by atoms with Gasteiger partial charge in [-0.2, -0.15) is 0 Å². The Balaban J connectivity index is 1.72. The van der Waals surface area contributed by atoms with E-state index < -0.39 is 5.97 Å². The van der Waals surface area contributed by atoms with Gasteiger partial charge in [-0.15, -0.1) is 0 Å².